The number of aromatic nitrogens is 1. The van der Waals surface area contributed by atoms with E-state index in [1.807, 2.05) is 20.8 Å². The summed E-state index contributed by atoms with van der Waals surface area (Å²) < 4.78 is 9.95. The second-order valence-corrected chi connectivity index (χ2v) is 5.77. The minimum atomic E-state index is -0.515. The van der Waals surface area contributed by atoms with E-state index in [1.54, 1.807) is 15.9 Å². The Balaban J connectivity index is 1.80. The maximum absolute atomic E-state index is 12.0. The molecule has 8 nitrogen and oxygen atoms in total. The first kappa shape index (κ1) is 15.1. The minimum Gasteiger partial charge on any atom is -0.444 e. The van der Waals surface area contributed by atoms with Crippen LogP contribution in [0.3, 0.4) is 0 Å². The summed E-state index contributed by atoms with van der Waals surface area (Å²) in [5, 5.41) is 6.24. The largest absolute Gasteiger partial charge is 0.444 e. The third-order valence-corrected chi connectivity index (χ3v) is 2.89. The number of carbonyl (C=O) groups excluding carboxylic acids is 2. The van der Waals surface area contributed by atoms with Crippen molar-refractivity contribution in [1.29, 1.82) is 0 Å². The number of rotatable bonds is 1. The van der Waals surface area contributed by atoms with E-state index < -0.39 is 5.60 Å². The van der Waals surface area contributed by atoms with Gasteiger partial charge >= 0.3 is 12.1 Å². The molecule has 0 aromatic carbocycles. The first-order chi connectivity index (χ1) is 9.85. The maximum Gasteiger partial charge on any atom is 0.410 e. The van der Waals surface area contributed by atoms with E-state index in [1.165, 1.54) is 6.26 Å². The van der Waals surface area contributed by atoms with E-state index in [0.717, 1.165) is 0 Å². The average Bonchev–Trinajstić information content (AvgIpc) is 2.90. The summed E-state index contributed by atoms with van der Waals surface area (Å²) >= 11 is 0. The van der Waals surface area contributed by atoms with Crippen molar-refractivity contribution in [2.75, 3.05) is 31.5 Å². The Hall–Kier alpha value is -2.25. The number of nitrogens with one attached hydrogen (secondary N) is 1. The summed E-state index contributed by atoms with van der Waals surface area (Å²) in [5.74, 6) is 0.370. The van der Waals surface area contributed by atoms with Crippen molar-refractivity contribution >= 4 is 17.9 Å². The third-order valence-electron chi connectivity index (χ3n) is 2.89. The van der Waals surface area contributed by atoms with Gasteiger partial charge in [-0.1, -0.05) is 5.16 Å². The van der Waals surface area contributed by atoms with Crippen LogP contribution in [0.2, 0.25) is 0 Å². The normalized spacial score (nSPS) is 15.8. The second kappa shape index (κ2) is 6.02. The zero-order valence-electron chi connectivity index (χ0n) is 12.5. The van der Waals surface area contributed by atoms with Crippen LogP contribution in [0, 0.1) is 0 Å². The molecule has 0 radical (unpaired) electrons. The lowest BCUT2D eigenvalue weighted by molar-refractivity contribution is 0.0174. The summed E-state index contributed by atoms with van der Waals surface area (Å²) in [6.45, 7) is 7.26. The Morgan fingerprint density at radius 1 is 1.24 bits per heavy atom. The van der Waals surface area contributed by atoms with E-state index in [-0.39, 0.29) is 12.1 Å². The molecule has 1 N–H and O–H groups in total. The van der Waals surface area contributed by atoms with E-state index in [4.69, 9.17) is 4.74 Å². The molecule has 116 valence electrons. The van der Waals surface area contributed by atoms with E-state index in [0.29, 0.717) is 32.0 Å². The van der Waals surface area contributed by atoms with Crippen molar-refractivity contribution < 1.29 is 18.8 Å². The van der Waals surface area contributed by atoms with Gasteiger partial charge in [-0.25, -0.2) is 9.59 Å². The van der Waals surface area contributed by atoms with E-state index in [2.05, 4.69) is 15.0 Å². The van der Waals surface area contributed by atoms with Crippen molar-refractivity contribution in [1.82, 2.24) is 15.0 Å². The third kappa shape index (κ3) is 4.37. The van der Waals surface area contributed by atoms with Crippen molar-refractivity contribution in [3.63, 3.8) is 0 Å². The zero-order chi connectivity index (χ0) is 15.5. The van der Waals surface area contributed by atoms with Gasteiger partial charge in [0.1, 0.15) is 11.9 Å². The standard InChI is InChI=1S/C13H20N4O4/c1-13(2,3)21-12(19)17-7-5-16(6-8-17)11(18)14-10-4-9-20-15-10/h4,9H,5-8H2,1-3H3,(H,14,15,18). The molecular formula is C13H20N4O4. The average molecular weight is 296 g/mol. The van der Waals surface area contributed by atoms with Gasteiger partial charge in [-0.3, -0.25) is 5.32 Å². The number of piperazine rings is 1. The predicted octanol–water partition coefficient (Wildman–Crippen LogP) is 1.76. The Kier molecular flexibility index (Phi) is 4.35. The van der Waals surface area contributed by atoms with E-state index in [9.17, 15) is 9.59 Å². The van der Waals surface area contributed by atoms with Crippen LogP contribution in [-0.2, 0) is 4.74 Å². The molecule has 1 fully saturated rings. The zero-order valence-corrected chi connectivity index (χ0v) is 12.5. The summed E-state index contributed by atoms with van der Waals surface area (Å²) in [6.07, 6.45) is 1.04. The van der Waals surface area contributed by atoms with Crippen LogP contribution >= 0.6 is 0 Å². The van der Waals surface area contributed by atoms with Crippen LogP contribution in [0.25, 0.3) is 0 Å². The quantitative estimate of drug-likeness (QED) is 0.853. The van der Waals surface area contributed by atoms with Crippen molar-refractivity contribution in [2.45, 2.75) is 26.4 Å². The maximum atomic E-state index is 12.0. The molecule has 0 atom stereocenters. The molecule has 1 saturated heterocycles. The number of carbonyl (C=O) groups is 2. The fourth-order valence-electron chi connectivity index (χ4n) is 1.88. The highest BCUT2D eigenvalue weighted by molar-refractivity contribution is 5.88. The number of nitrogens with zero attached hydrogens (tertiary/aromatic N) is 3. The number of hydrogen-bond acceptors (Lipinski definition) is 5. The highest BCUT2D eigenvalue weighted by Gasteiger charge is 2.27. The summed E-state index contributed by atoms with van der Waals surface area (Å²) in [4.78, 5) is 27.1. The van der Waals surface area contributed by atoms with Gasteiger partial charge in [-0.15, -0.1) is 0 Å². The SMILES string of the molecule is CC(C)(C)OC(=O)N1CCN(C(=O)Nc2ccon2)CC1. The fourth-order valence-corrected chi connectivity index (χ4v) is 1.88. The molecule has 0 aliphatic carbocycles. The van der Waals surface area contributed by atoms with Crippen LogP contribution < -0.4 is 5.32 Å². The molecule has 0 bridgehead atoms. The topological polar surface area (TPSA) is 87.9 Å². The van der Waals surface area contributed by atoms with Gasteiger partial charge in [0, 0.05) is 32.2 Å². The lowest BCUT2D eigenvalue weighted by atomic mass is 10.2. The van der Waals surface area contributed by atoms with Crippen LogP contribution in [-0.4, -0.2) is 58.9 Å². The van der Waals surface area contributed by atoms with Crippen LogP contribution in [0.1, 0.15) is 20.8 Å². The number of hydrogen-bond donors (Lipinski definition) is 1. The van der Waals surface area contributed by atoms with Gasteiger partial charge in [0.25, 0.3) is 0 Å². The minimum absolute atomic E-state index is 0.257. The number of ether oxygens (including phenoxy) is 1. The van der Waals surface area contributed by atoms with Gasteiger partial charge in [-0.05, 0) is 20.8 Å². The molecule has 3 amide bonds. The Labute approximate surface area is 123 Å². The van der Waals surface area contributed by atoms with Crippen molar-refractivity contribution in [3.8, 4) is 0 Å². The molecule has 2 rings (SSSR count). The highest BCUT2D eigenvalue weighted by atomic mass is 16.6. The van der Waals surface area contributed by atoms with Crippen molar-refractivity contribution in [2.24, 2.45) is 0 Å². The lowest BCUT2D eigenvalue weighted by Crippen LogP contribution is -2.52. The first-order valence-electron chi connectivity index (χ1n) is 6.79. The monoisotopic (exact) mass is 296 g/mol. The highest BCUT2D eigenvalue weighted by Crippen LogP contribution is 2.12. The summed E-state index contributed by atoms with van der Waals surface area (Å²) in [5.41, 5.74) is -0.515. The first-order valence-corrected chi connectivity index (χ1v) is 6.79. The smallest absolute Gasteiger partial charge is 0.410 e. The Morgan fingerprint density at radius 3 is 2.38 bits per heavy atom. The van der Waals surface area contributed by atoms with Crippen LogP contribution in [0.4, 0.5) is 15.4 Å². The Bertz CT molecular complexity index is 487. The number of urea groups is 1. The fraction of sp³-hybridized carbons (Fsp3) is 0.615. The molecule has 0 unspecified atom stereocenters. The predicted molar refractivity (Wildman–Crippen MR) is 74.9 cm³/mol. The second-order valence-electron chi connectivity index (χ2n) is 5.77. The summed E-state index contributed by atoms with van der Waals surface area (Å²) in [6, 6.07) is 1.31. The molecule has 1 aromatic rings. The molecule has 1 aliphatic heterocycles. The molecule has 2 heterocycles. The lowest BCUT2D eigenvalue weighted by Gasteiger charge is -2.35. The molecule has 8 heteroatoms. The molecule has 1 aliphatic rings. The van der Waals surface area contributed by atoms with Crippen molar-refractivity contribution in [3.05, 3.63) is 12.3 Å². The van der Waals surface area contributed by atoms with Gasteiger partial charge in [0.05, 0.1) is 0 Å². The molecular weight excluding hydrogens is 276 g/mol. The Morgan fingerprint density at radius 2 is 1.86 bits per heavy atom. The number of amides is 3. The van der Waals surface area contributed by atoms with Crippen LogP contribution in [0.5, 0.6) is 0 Å². The molecule has 1 aromatic heterocycles. The van der Waals surface area contributed by atoms with Gasteiger partial charge < -0.3 is 19.1 Å². The molecule has 0 saturated carbocycles. The summed E-state index contributed by atoms with van der Waals surface area (Å²) in [7, 11) is 0. The van der Waals surface area contributed by atoms with Gasteiger partial charge in [0.15, 0.2) is 5.82 Å². The number of anilines is 1. The van der Waals surface area contributed by atoms with Gasteiger partial charge in [-0.2, -0.15) is 0 Å². The van der Waals surface area contributed by atoms with Crippen LogP contribution in [0.15, 0.2) is 16.9 Å². The van der Waals surface area contributed by atoms with Gasteiger partial charge in [0.2, 0.25) is 0 Å². The van der Waals surface area contributed by atoms with E-state index >= 15 is 0 Å². The molecule has 0 spiro atoms. The molecule has 21 heavy (non-hydrogen) atoms.